The quantitative estimate of drug-likeness (QED) is 0.875. The fraction of sp³-hybridized carbons (Fsp3) is 0.188. The summed E-state index contributed by atoms with van der Waals surface area (Å²) in [6.45, 7) is 0.655. The number of carbonyl (C=O) groups excluding carboxylic acids is 1. The maximum atomic E-state index is 13.1. The number of halogens is 2. The zero-order valence-electron chi connectivity index (χ0n) is 12.0. The first-order valence-electron chi connectivity index (χ1n) is 6.66. The lowest BCUT2D eigenvalue weighted by Crippen LogP contribution is -2.28. The highest BCUT2D eigenvalue weighted by Gasteiger charge is 2.07. The van der Waals surface area contributed by atoms with Crippen molar-refractivity contribution in [3.8, 4) is 0 Å². The Morgan fingerprint density at radius 2 is 2.05 bits per heavy atom. The summed E-state index contributed by atoms with van der Waals surface area (Å²) < 4.78 is 18.1. The van der Waals surface area contributed by atoms with E-state index in [2.05, 4.69) is 10.6 Å². The van der Waals surface area contributed by atoms with Crippen LogP contribution >= 0.6 is 11.6 Å². The molecule has 0 radical (unpaired) electrons. The van der Waals surface area contributed by atoms with E-state index in [4.69, 9.17) is 16.3 Å². The largest absolute Gasteiger partial charge is 0.380 e. The molecule has 2 aromatic rings. The van der Waals surface area contributed by atoms with Gasteiger partial charge in [0.25, 0.3) is 0 Å². The Kier molecular flexibility index (Phi) is 5.75. The minimum absolute atomic E-state index is 0.0325. The molecule has 2 aromatic carbocycles. The van der Waals surface area contributed by atoms with Gasteiger partial charge in [0.05, 0.1) is 11.6 Å². The number of anilines is 1. The molecule has 0 saturated heterocycles. The van der Waals surface area contributed by atoms with Crippen LogP contribution in [0, 0.1) is 5.82 Å². The van der Waals surface area contributed by atoms with Crippen LogP contribution in [-0.2, 0) is 17.9 Å². The van der Waals surface area contributed by atoms with Gasteiger partial charge in [-0.1, -0.05) is 35.9 Å². The van der Waals surface area contributed by atoms with Gasteiger partial charge in [-0.15, -0.1) is 0 Å². The third-order valence-electron chi connectivity index (χ3n) is 3.00. The van der Waals surface area contributed by atoms with Crippen LogP contribution in [-0.4, -0.2) is 13.1 Å². The molecule has 0 aliphatic rings. The van der Waals surface area contributed by atoms with Crippen molar-refractivity contribution in [1.29, 1.82) is 0 Å². The summed E-state index contributed by atoms with van der Waals surface area (Å²) in [6, 6.07) is 11.3. The van der Waals surface area contributed by atoms with Gasteiger partial charge in [-0.2, -0.15) is 0 Å². The van der Waals surface area contributed by atoms with E-state index in [9.17, 15) is 9.18 Å². The minimum Gasteiger partial charge on any atom is -0.380 e. The average Bonchev–Trinajstić information content (AvgIpc) is 2.51. The van der Waals surface area contributed by atoms with Gasteiger partial charge in [-0.3, -0.25) is 0 Å². The molecule has 6 heteroatoms. The first-order valence-corrected chi connectivity index (χ1v) is 7.03. The number of benzene rings is 2. The number of hydrogen-bond acceptors (Lipinski definition) is 2. The molecule has 0 unspecified atom stereocenters. The summed E-state index contributed by atoms with van der Waals surface area (Å²) >= 11 is 5.70. The zero-order valence-corrected chi connectivity index (χ0v) is 12.8. The molecule has 2 amide bonds. The van der Waals surface area contributed by atoms with Crippen molar-refractivity contribution in [2.45, 2.75) is 13.2 Å². The van der Waals surface area contributed by atoms with Crippen LogP contribution in [0.15, 0.2) is 42.5 Å². The lowest BCUT2D eigenvalue weighted by Gasteiger charge is -2.11. The topological polar surface area (TPSA) is 50.4 Å². The van der Waals surface area contributed by atoms with E-state index in [1.165, 1.54) is 12.1 Å². The molecule has 2 rings (SSSR count). The molecule has 0 spiro atoms. The smallest absolute Gasteiger partial charge is 0.319 e. The molecular formula is C16H16ClFN2O2. The van der Waals surface area contributed by atoms with Crippen molar-refractivity contribution < 1.29 is 13.9 Å². The number of para-hydroxylation sites is 1. The van der Waals surface area contributed by atoms with Crippen LogP contribution in [0.3, 0.4) is 0 Å². The highest BCUT2D eigenvalue weighted by molar-refractivity contribution is 6.30. The van der Waals surface area contributed by atoms with Gasteiger partial charge < -0.3 is 15.4 Å². The van der Waals surface area contributed by atoms with Crippen LogP contribution in [0.25, 0.3) is 0 Å². The molecule has 2 N–H and O–H groups in total. The Morgan fingerprint density at radius 3 is 2.77 bits per heavy atom. The number of hydrogen-bond donors (Lipinski definition) is 2. The zero-order chi connectivity index (χ0) is 15.9. The Labute approximate surface area is 133 Å². The standard InChI is InChI=1S/C16H16ClFN2O2/c1-22-10-12-4-2-3-5-15(12)20-16(21)19-9-11-6-7-14(18)13(17)8-11/h2-8H,9-10H2,1H3,(H2,19,20,21). The molecule has 22 heavy (non-hydrogen) atoms. The van der Waals surface area contributed by atoms with E-state index in [1.807, 2.05) is 18.2 Å². The van der Waals surface area contributed by atoms with Crippen molar-refractivity contribution >= 4 is 23.3 Å². The molecule has 0 fully saturated rings. The van der Waals surface area contributed by atoms with Crippen LogP contribution in [0.5, 0.6) is 0 Å². The number of carbonyl (C=O) groups is 1. The van der Waals surface area contributed by atoms with Crippen molar-refractivity contribution in [3.05, 3.63) is 64.4 Å². The highest BCUT2D eigenvalue weighted by atomic mass is 35.5. The molecular weight excluding hydrogens is 307 g/mol. The van der Waals surface area contributed by atoms with Crippen molar-refractivity contribution in [2.24, 2.45) is 0 Å². The van der Waals surface area contributed by atoms with Gasteiger partial charge in [-0.25, -0.2) is 9.18 Å². The molecule has 4 nitrogen and oxygen atoms in total. The second-order valence-corrected chi connectivity index (χ2v) is 5.05. The van der Waals surface area contributed by atoms with Crippen LogP contribution in [0.2, 0.25) is 5.02 Å². The Bertz CT molecular complexity index is 664. The predicted molar refractivity (Wildman–Crippen MR) is 84.4 cm³/mol. The fourth-order valence-electron chi connectivity index (χ4n) is 1.92. The number of methoxy groups -OCH3 is 1. The van der Waals surface area contributed by atoms with E-state index in [-0.39, 0.29) is 17.6 Å². The Morgan fingerprint density at radius 1 is 1.27 bits per heavy atom. The van der Waals surface area contributed by atoms with E-state index in [0.717, 1.165) is 5.56 Å². The highest BCUT2D eigenvalue weighted by Crippen LogP contribution is 2.17. The second-order valence-electron chi connectivity index (χ2n) is 4.65. The van der Waals surface area contributed by atoms with Crippen LogP contribution in [0.4, 0.5) is 14.9 Å². The maximum Gasteiger partial charge on any atom is 0.319 e. The van der Waals surface area contributed by atoms with E-state index < -0.39 is 5.82 Å². The number of urea groups is 1. The normalized spacial score (nSPS) is 10.3. The van der Waals surface area contributed by atoms with Gasteiger partial charge in [0.2, 0.25) is 0 Å². The molecule has 0 atom stereocenters. The van der Waals surface area contributed by atoms with Crippen molar-refractivity contribution in [3.63, 3.8) is 0 Å². The minimum atomic E-state index is -0.483. The Hall–Kier alpha value is -2.11. The van der Waals surface area contributed by atoms with Gasteiger partial charge in [-0.05, 0) is 23.8 Å². The lowest BCUT2D eigenvalue weighted by atomic mass is 10.2. The number of rotatable bonds is 5. The first kappa shape index (κ1) is 16.3. The fourth-order valence-corrected chi connectivity index (χ4v) is 2.13. The van der Waals surface area contributed by atoms with Crippen molar-refractivity contribution in [2.75, 3.05) is 12.4 Å². The molecule has 0 heterocycles. The molecule has 116 valence electrons. The SMILES string of the molecule is COCc1ccccc1NC(=O)NCc1ccc(F)c(Cl)c1. The Balaban J connectivity index is 1.94. The molecule has 0 aliphatic heterocycles. The van der Waals surface area contributed by atoms with Crippen LogP contribution in [0.1, 0.15) is 11.1 Å². The summed E-state index contributed by atoms with van der Waals surface area (Å²) in [6.07, 6.45) is 0. The number of nitrogens with one attached hydrogen (secondary N) is 2. The van der Waals surface area contributed by atoms with E-state index in [1.54, 1.807) is 19.2 Å². The monoisotopic (exact) mass is 322 g/mol. The molecule has 0 aromatic heterocycles. The summed E-state index contributed by atoms with van der Waals surface area (Å²) in [5.41, 5.74) is 2.27. The third-order valence-corrected chi connectivity index (χ3v) is 3.29. The second kappa shape index (κ2) is 7.77. The van der Waals surface area contributed by atoms with E-state index >= 15 is 0 Å². The number of amides is 2. The summed E-state index contributed by atoms with van der Waals surface area (Å²) in [5.74, 6) is -0.483. The number of ether oxygens (including phenoxy) is 1. The van der Waals surface area contributed by atoms with Crippen LogP contribution < -0.4 is 10.6 Å². The third kappa shape index (κ3) is 4.44. The first-order chi connectivity index (χ1) is 10.6. The van der Waals surface area contributed by atoms with Gasteiger partial charge in [0.1, 0.15) is 5.82 Å². The lowest BCUT2D eigenvalue weighted by molar-refractivity contribution is 0.185. The van der Waals surface area contributed by atoms with Gasteiger partial charge in [0.15, 0.2) is 0 Å². The molecule has 0 saturated carbocycles. The van der Waals surface area contributed by atoms with E-state index in [0.29, 0.717) is 17.9 Å². The van der Waals surface area contributed by atoms with Gasteiger partial charge >= 0.3 is 6.03 Å². The maximum absolute atomic E-state index is 13.1. The van der Waals surface area contributed by atoms with Crippen molar-refractivity contribution in [1.82, 2.24) is 5.32 Å². The molecule has 0 bridgehead atoms. The average molecular weight is 323 g/mol. The van der Waals surface area contributed by atoms with Gasteiger partial charge in [0, 0.05) is 24.9 Å². The summed E-state index contributed by atoms with van der Waals surface area (Å²) in [5, 5.41) is 5.48. The predicted octanol–water partition coefficient (Wildman–Crippen LogP) is 3.95. The summed E-state index contributed by atoms with van der Waals surface area (Å²) in [7, 11) is 1.59. The summed E-state index contributed by atoms with van der Waals surface area (Å²) in [4.78, 5) is 11.9. The molecule has 0 aliphatic carbocycles.